The van der Waals surface area contributed by atoms with Gasteiger partial charge in [0.2, 0.25) is 10.0 Å². The molecule has 1 aliphatic heterocycles. The molecule has 1 aromatic rings. The van der Waals surface area contributed by atoms with E-state index in [0.29, 0.717) is 31.0 Å². The molecule has 19 heavy (non-hydrogen) atoms. The molecule has 1 aliphatic rings. The number of carbonyl (C=O) groups excluding carboxylic acids is 1. The first-order valence-electron chi connectivity index (χ1n) is 6.41. The van der Waals surface area contributed by atoms with E-state index in [1.54, 1.807) is 19.1 Å². The van der Waals surface area contributed by atoms with Crippen molar-refractivity contribution in [2.75, 3.05) is 19.3 Å². The van der Waals surface area contributed by atoms with Crippen molar-refractivity contribution < 1.29 is 17.6 Å². The maximum atomic E-state index is 12.0. The predicted molar refractivity (Wildman–Crippen MR) is 71.5 cm³/mol. The lowest BCUT2D eigenvalue weighted by Gasteiger charge is -2.30. The number of hydrogen-bond donors (Lipinski definition) is 0. The molecule has 2 heterocycles. The fourth-order valence-electron chi connectivity index (χ4n) is 2.44. The third kappa shape index (κ3) is 3.67. The largest absolute Gasteiger partial charge is 0.458 e. The maximum absolute atomic E-state index is 12.0. The molecule has 1 fully saturated rings. The molecule has 1 unspecified atom stereocenters. The molecule has 0 aliphatic carbocycles. The highest BCUT2D eigenvalue weighted by molar-refractivity contribution is 7.88. The molecule has 5 nitrogen and oxygen atoms in total. The van der Waals surface area contributed by atoms with Gasteiger partial charge in [0.15, 0.2) is 11.5 Å². The van der Waals surface area contributed by atoms with E-state index in [1.807, 2.05) is 0 Å². The fourth-order valence-corrected chi connectivity index (χ4v) is 3.38. The van der Waals surface area contributed by atoms with Crippen LogP contribution in [0.15, 0.2) is 16.5 Å². The number of carbonyl (C=O) groups is 1. The number of aryl methyl sites for hydroxylation is 1. The van der Waals surface area contributed by atoms with Crippen molar-refractivity contribution >= 4 is 15.8 Å². The smallest absolute Gasteiger partial charge is 0.211 e. The molecule has 0 spiro atoms. The Labute approximate surface area is 113 Å². The Morgan fingerprint density at radius 3 is 2.79 bits per heavy atom. The van der Waals surface area contributed by atoms with Crippen LogP contribution in [0.1, 0.15) is 35.6 Å². The normalized spacial score (nSPS) is 21.5. The zero-order chi connectivity index (χ0) is 14.0. The third-order valence-corrected chi connectivity index (χ3v) is 4.71. The van der Waals surface area contributed by atoms with Gasteiger partial charge in [-0.05, 0) is 37.8 Å². The Morgan fingerprint density at radius 1 is 1.47 bits per heavy atom. The standard InChI is InChI=1S/C13H19NO4S/c1-10-5-6-13(18-10)12(15)8-11-4-3-7-14(9-11)19(2,16)17/h5-6,11H,3-4,7-9H2,1-2H3. The van der Waals surface area contributed by atoms with Gasteiger partial charge < -0.3 is 4.42 Å². The van der Waals surface area contributed by atoms with Crippen LogP contribution in [0.2, 0.25) is 0 Å². The third-order valence-electron chi connectivity index (χ3n) is 3.44. The van der Waals surface area contributed by atoms with Crippen LogP contribution in [0, 0.1) is 12.8 Å². The average Bonchev–Trinajstić information content (AvgIpc) is 2.75. The van der Waals surface area contributed by atoms with Gasteiger partial charge in [0.25, 0.3) is 0 Å². The molecular weight excluding hydrogens is 266 g/mol. The van der Waals surface area contributed by atoms with Gasteiger partial charge in [0.1, 0.15) is 5.76 Å². The SMILES string of the molecule is Cc1ccc(C(=O)CC2CCCN(S(C)(=O)=O)C2)o1. The summed E-state index contributed by atoms with van der Waals surface area (Å²) in [6.07, 6.45) is 3.26. The molecule has 0 amide bonds. The molecule has 2 rings (SSSR count). The van der Waals surface area contributed by atoms with E-state index in [0.717, 1.165) is 12.8 Å². The first-order valence-corrected chi connectivity index (χ1v) is 8.26. The van der Waals surface area contributed by atoms with Gasteiger partial charge in [-0.2, -0.15) is 0 Å². The summed E-state index contributed by atoms with van der Waals surface area (Å²) in [7, 11) is -3.16. The molecule has 1 aromatic heterocycles. The molecular formula is C13H19NO4S. The van der Waals surface area contributed by atoms with Gasteiger partial charge in [-0.1, -0.05) is 0 Å². The molecule has 0 radical (unpaired) electrons. The summed E-state index contributed by atoms with van der Waals surface area (Å²) in [5, 5.41) is 0. The van der Waals surface area contributed by atoms with Gasteiger partial charge in [0, 0.05) is 19.5 Å². The number of nitrogens with zero attached hydrogens (tertiary/aromatic N) is 1. The summed E-state index contributed by atoms with van der Waals surface area (Å²) >= 11 is 0. The van der Waals surface area contributed by atoms with Gasteiger partial charge in [-0.15, -0.1) is 0 Å². The molecule has 6 heteroatoms. The lowest BCUT2D eigenvalue weighted by atomic mass is 9.93. The van der Waals surface area contributed by atoms with E-state index in [4.69, 9.17) is 4.42 Å². The Bertz CT molecular complexity index is 561. The van der Waals surface area contributed by atoms with E-state index in [9.17, 15) is 13.2 Å². The van der Waals surface area contributed by atoms with E-state index >= 15 is 0 Å². The maximum Gasteiger partial charge on any atom is 0.211 e. The second-order valence-electron chi connectivity index (χ2n) is 5.17. The van der Waals surface area contributed by atoms with Crippen molar-refractivity contribution in [3.05, 3.63) is 23.7 Å². The Morgan fingerprint density at radius 2 is 2.21 bits per heavy atom. The molecule has 1 saturated heterocycles. The van der Waals surface area contributed by atoms with Crippen LogP contribution >= 0.6 is 0 Å². The highest BCUT2D eigenvalue weighted by Crippen LogP contribution is 2.23. The Hall–Kier alpha value is -1.14. The van der Waals surface area contributed by atoms with Gasteiger partial charge in [-0.25, -0.2) is 12.7 Å². The van der Waals surface area contributed by atoms with Crippen LogP contribution in [-0.4, -0.2) is 37.9 Å². The number of ketones is 1. The summed E-state index contributed by atoms with van der Waals surface area (Å²) in [5.41, 5.74) is 0. The minimum absolute atomic E-state index is 0.0477. The van der Waals surface area contributed by atoms with Crippen LogP contribution in [-0.2, 0) is 10.0 Å². The monoisotopic (exact) mass is 285 g/mol. The minimum atomic E-state index is -3.16. The summed E-state index contributed by atoms with van der Waals surface area (Å²) in [6, 6.07) is 3.44. The molecule has 1 atom stereocenters. The van der Waals surface area contributed by atoms with Crippen molar-refractivity contribution in [3.63, 3.8) is 0 Å². The predicted octanol–water partition coefficient (Wildman–Crippen LogP) is 1.83. The van der Waals surface area contributed by atoms with Crippen LogP contribution in [0.3, 0.4) is 0 Å². The van der Waals surface area contributed by atoms with Gasteiger partial charge >= 0.3 is 0 Å². The Balaban J connectivity index is 1.98. The van der Waals surface area contributed by atoms with Crippen LogP contribution < -0.4 is 0 Å². The topological polar surface area (TPSA) is 67.6 Å². The average molecular weight is 285 g/mol. The zero-order valence-electron chi connectivity index (χ0n) is 11.3. The van der Waals surface area contributed by atoms with Crippen LogP contribution in [0.25, 0.3) is 0 Å². The van der Waals surface area contributed by atoms with Crippen molar-refractivity contribution in [2.24, 2.45) is 5.92 Å². The fraction of sp³-hybridized carbons (Fsp3) is 0.615. The highest BCUT2D eigenvalue weighted by atomic mass is 32.2. The first kappa shape index (κ1) is 14.3. The van der Waals surface area contributed by atoms with Crippen LogP contribution in [0.4, 0.5) is 0 Å². The van der Waals surface area contributed by atoms with Crippen LogP contribution in [0.5, 0.6) is 0 Å². The highest BCUT2D eigenvalue weighted by Gasteiger charge is 2.28. The first-order chi connectivity index (χ1) is 8.86. The Kier molecular flexibility index (Phi) is 4.10. The molecule has 0 aromatic carbocycles. The second-order valence-corrected chi connectivity index (χ2v) is 7.15. The molecule has 0 bridgehead atoms. The molecule has 0 saturated carbocycles. The summed E-state index contributed by atoms with van der Waals surface area (Å²) in [4.78, 5) is 12.0. The number of rotatable bonds is 4. The van der Waals surface area contributed by atoms with Gasteiger partial charge in [0.05, 0.1) is 6.26 Å². The number of sulfonamides is 1. The van der Waals surface area contributed by atoms with Crippen molar-refractivity contribution in [2.45, 2.75) is 26.2 Å². The van der Waals surface area contributed by atoms with Gasteiger partial charge in [-0.3, -0.25) is 4.79 Å². The number of furan rings is 1. The van der Waals surface area contributed by atoms with Crippen molar-refractivity contribution in [3.8, 4) is 0 Å². The van der Waals surface area contributed by atoms with E-state index in [-0.39, 0.29) is 11.7 Å². The second kappa shape index (κ2) is 5.46. The van der Waals surface area contributed by atoms with E-state index in [1.165, 1.54) is 10.6 Å². The summed E-state index contributed by atoms with van der Waals surface area (Å²) < 4.78 is 29.8. The number of hydrogen-bond acceptors (Lipinski definition) is 4. The van der Waals surface area contributed by atoms with Crippen molar-refractivity contribution in [1.29, 1.82) is 0 Å². The quantitative estimate of drug-likeness (QED) is 0.792. The zero-order valence-corrected chi connectivity index (χ0v) is 12.1. The minimum Gasteiger partial charge on any atom is -0.458 e. The lowest BCUT2D eigenvalue weighted by Crippen LogP contribution is -2.39. The summed E-state index contributed by atoms with van der Waals surface area (Å²) in [6.45, 7) is 2.79. The number of piperidine rings is 1. The summed E-state index contributed by atoms with van der Waals surface area (Å²) in [5.74, 6) is 1.12. The van der Waals surface area contributed by atoms with Crippen molar-refractivity contribution in [1.82, 2.24) is 4.31 Å². The van der Waals surface area contributed by atoms with E-state index in [2.05, 4.69) is 0 Å². The van der Waals surface area contributed by atoms with E-state index < -0.39 is 10.0 Å². The number of Topliss-reactive ketones (excluding diaryl/α,β-unsaturated/α-hetero) is 1. The molecule has 0 N–H and O–H groups in total. The molecule has 106 valence electrons. The lowest BCUT2D eigenvalue weighted by molar-refractivity contribution is 0.0914.